The van der Waals surface area contributed by atoms with Crippen LogP contribution in [0.25, 0.3) is 0 Å². The van der Waals surface area contributed by atoms with Crippen molar-refractivity contribution >= 4 is 17.6 Å². The second-order valence-electron chi connectivity index (χ2n) is 1.93. The lowest BCUT2D eigenvalue weighted by Crippen LogP contribution is -2.20. The number of hydrogen-bond acceptors (Lipinski definition) is 4. The minimum Gasteiger partial charge on any atom is -0.370 e. The van der Waals surface area contributed by atoms with Crippen molar-refractivity contribution in [3.63, 3.8) is 0 Å². The minimum absolute atomic E-state index is 0.147. The Kier molecular flexibility index (Phi) is 1.90. The Morgan fingerprint density at radius 3 is 3.00 bits per heavy atom. The Morgan fingerprint density at radius 2 is 2.58 bits per heavy atom. The smallest absolute Gasteiger partial charge is 0.344 e. The standard InChI is InChI=1S/C4H6N6O2/c5-4(6)7-2-1-3(9-8-2)10(11)12/h1H,(H5,5,6,7,8,9). The number of rotatable bonds is 2. The fourth-order valence-electron chi connectivity index (χ4n) is 0.607. The van der Waals surface area contributed by atoms with Crippen molar-refractivity contribution in [3.8, 4) is 0 Å². The molecule has 0 amide bonds. The van der Waals surface area contributed by atoms with E-state index in [1.165, 1.54) is 0 Å². The van der Waals surface area contributed by atoms with E-state index in [9.17, 15) is 10.1 Å². The molecule has 0 aliphatic carbocycles. The molecule has 0 saturated carbocycles. The molecule has 0 fully saturated rings. The van der Waals surface area contributed by atoms with Gasteiger partial charge in [-0.05, 0) is 4.92 Å². The van der Waals surface area contributed by atoms with Crippen molar-refractivity contribution in [1.29, 1.82) is 5.41 Å². The summed E-state index contributed by atoms with van der Waals surface area (Å²) >= 11 is 0. The highest BCUT2D eigenvalue weighted by atomic mass is 16.6. The summed E-state index contributed by atoms with van der Waals surface area (Å²) in [6.07, 6.45) is 0. The number of H-pyrrole nitrogens is 1. The lowest BCUT2D eigenvalue weighted by atomic mass is 10.6. The molecule has 0 radical (unpaired) electrons. The maximum Gasteiger partial charge on any atom is 0.344 e. The van der Waals surface area contributed by atoms with Crippen molar-refractivity contribution in [3.05, 3.63) is 16.2 Å². The number of hydrogen-bond donors (Lipinski definition) is 4. The van der Waals surface area contributed by atoms with Gasteiger partial charge in [0, 0.05) is 0 Å². The van der Waals surface area contributed by atoms with Gasteiger partial charge in [0.1, 0.15) is 0 Å². The van der Waals surface area contributed by atoms with Crippen LogP contribution in [0.4, 0.5) is 11.6 Å². The molecule has 0 atom stereocenters. The van der Waals surface area contributed by atoms with Crippen LogP contribution < -0.4 is 11.1 Å². The van der Waals surface area contributed by atoms with Gasteiger partial charge in [-0.1, -0.05) is 5.10 Å². The molecule has 8 nitrogen and oxygen atoms in total. The van der Waals surface area contributed by atoms with Gasteiger partial charge < -0.3 is 21.2 Å². The third-order valence-electron chi connectivity index (χ3n) is 1.02. The van der Waals surface area contributed by atoms with Gasteiger partial charge >= 0.3 is 5.82 Å². The summed E-state index contributed by atoms with van der Waals surface area (Å²) in [5.41, 5.74) is 4.96. The van der Waals surface area contributed by atoms with Crippen LogP contribution in [0.1, 0.15) is 0 Å². The monoisotopic (exact) mass is 170 g/mol. The molecule has 0 aliphatic heterocycles. The fraction of sp³-hybridized carbons (Fsp3) is 0. The summed E-state index contributed by atoms with van der Waals surface area (Å²) < 4.78 is 0. The maximum atomic E-state index is 10.1. The van der Waals surface area contributed by atoms with Crippen molar-refractivity contribution in [1.82, 2.24) is 10.2 Å². The molecule has 0 aromatic carbocycles. The maximum absolute atomic E-state index is 10.1. The zero-order chi connectivity index (χ0) is 9.14. The number of aromatic amines is 1. The molecular formula is C4H6N6O2. The number of nitro groups is 1. The first kappa shape index (κ1) is 7.98. The van der Waals surface area contributed by atoms with Crippen LogP contribution >= 0.6 is 0 Å². The third-order valence-corrected chi connectivity index (χ3v) is 1.02. The summed E-state index contributed by atoms with van der Waals surface area (Å²) in [6, 6.07) is 1.14. The molecule has 0 unspecified atom stereocenters. The number of nitrogens with two attached hydrogens (primary N) is 1. The first-order chi connectivity index (χ1) is 5.59. The van der Waals surface area contributed by atoms with Crippen LogP contribution in [-0.4, -0.2) is 21.1 Å². The largest absolute Gasteiger partial charge is 0.370 e. The first-order valence-corrected chi connectivity index (χ1v) is 2.90. The van der Waals surface area contributed by atoms with Gasteiger partial charge in [-0.15, -0.1) is 5.10 Å². The summed E-state index contributed by atoms with van der Waals surface area (Å²) in [6.45, 7) is 0. The van der Waals surface area contributed by atoms with Crippen molar-refractivity contribution < 1.29 is 4.92 Å². The van der Waals surface area contributed by atoms with E-state index in [0.717, 1.165) is 6.07 Å². The Morgan fingerprint density at radius 1 is 1.92 bits per heavy atom. The Labute approximate surface area is 66.4 Å². The molecule has 64 valence electrons. The number of nitrogens with one attached hydrogen (secondary N) is 3. The molecule has 1 heterocycles. The van der Waals surface area contributed by atoms with Gasteiger partial charge in [0.25, 0.3) is 0 Å². The van der Waals surface area contributed by atoms with Crippen molar-refractivity contribution in [2.45, 2.75) is 0 Å². The van der Waals surface area contributed by atoms with Crippen molar-refractivity contribution in [2.24, 2.45) is 5.73 Å². The topological polar surface area (TPSA) is 134 Å². The second-order valence-corrected chi connectivity index (χ2v) is 1.93. The van der Waals surface area contributed by atoms with Crippen LogP contribution in [0.3, 0.4) is 0 Å². The number of aromatic nitrogens is 2. The van der Waals surface area contributed by atoms with Crippen molar-refractivity contribution in [2.75, 3.05) is 5.32 Å². The fourth-order valence-corrected chi connectivity index (χ4v) is 0.607. The Balaban J connectivity index is 2.77. The average Bonchev–Trinajstić information content (AvgIpc) is 2.34. The third kappa shape index (κ3) is 1.68. The van der Waals surface area contributed by atoms with Gasteiger partial charge in [-0.2, -0.15) is 0 Å². The molecule has 1 rings (SSSR count). The van der Waals surface area contributed by atoms with E-state index >= 15 is 0 Å². The zero-order valence-electron chi connectivity index (χ0n) is 5.87. The molecule has 1 aromatic heterocycles. The van der Waals surface area contributed by atoms with Crippen LogP contribution in [0.5, 0.6) is 0 Å². The molecule has 5 N–H and O–H groups in total. The highest BCUT2D eigenvalue weighted by Crippen LogP contribution is 2.11. The zero-order valence-corrected chi connectivity index (χ0v) is 5.87. The van der Waals surface area contributed by atoms with Crippen LogP contribution in [0.2, 0.25) is 0 Å². The second kappa shape index (κ2) is 2.86. The van der Waals surface area contributed by atoms with E-state index in [0.29, 0.717) is 0 Å². The average molecular weight is 170 g/mol. The van der Waals surface area contributed by atoms with Gasteiger partial charge in [-0.3, -0.25) is 5.41 Å². The normalized spacial score (nSPS) is 9.33. The van der Waals surface area contributed by atoms with Gasteiger partial charge in [0.15, 0.2) is 11.8 Å². The number of guanidine groups is 1. The van der Waals surface area contributed by atoms with E-state index < -0.39 is 4.92 Å². The SMILES string of the molecule is N=C(N)Nc1cc([N+](=O)[O-])[nH]n1. The quantitative estimate of drug-likeness (QED) is 0.208. The minimum atomic E-state index is -0.627. The van der Waals surface area contributed by atoms with Gasteiger partial charge in [0.05, 0.1) is 6.07 Å². The van der Waals surface area contributed by atoms with Gasteiger partial charge in [0.2, 0.25) is 0 Å². The molecule has 0 bridgehead atoms. The lowest BCUT2D eigenvalue weighted by Gasteiger charge is -1.93. The Bertz CT molecular complexity index is 317. The number of nitrogens with zero attached hydrogens (tertiary/aromatic N) is 2. The molecule has 12 heavy (non-hydrogen) atoms. The summed E-state index contributed by atoms with van der Waals surface area (Å²) in [4.78, 5) is 9.49. The van der Waals surface area contributed by atoms with Crippen LogP contribution in [0.15, 0.2) is 6.07 Å². The molecular weight excluding hydrogens is 164 g/mol. The predicted octanol–water partition coefficient (Wildman–Crippen LogP) is -0.377. The van der Waals surface area contributed by atoms with Crippen LogP contribution in [0, 0.1) is 15.5 Å². The van der Waals surface area contributed by atoms with Crippen LogP contribution in [-0.2, 0) is 0 Å². The van der Waals surface area contributed by atoms with E-state index in [4.69, 9.17) is 11.1 Å². The first-order valence-electron chi connectivity index (χ1n) is 2.90. The Hall–Kier alpha value is -2.12. The molecule has 0 saturated heterocycles. The summed E-state index contributed by atoms with van der Waals surface area (Å²) in [7, 11) is 0. The summed E-state index contributed by atoms with van der Waals surface area (Å²) in [5.74, 6) is -0.427. The molecule has 0 spiro atoms. The van der Waals surface area contributed by atoms with E-state index in [-0.39, 0.29) is 17.6 Å². The van der Waals surface area contributed by atoms with Gasteiger partial charge in [-0.25, -0.2) is 0 Å². The lowest BCUT2D eigenvalue weighted by molar-refractivity contribution is -0.389. The van der Waals surface area contributed by atoms with E-state index in [2.05, 4.69) is 15.5 Å². The number of anilines is 1. The molecule has 1 aromatic rings. The van der Waals surface area contributed by atoms with E-state index in [1.807, 2.05) is 0 Å². The molecule has 8 heteroatoms. The predicted molar refractivity (Wildman–Crippen MR) is 40.8 cm³/mol. The highest BCUT2D eigenvalue weighted by Gasteiger charge is 2.08. The highest BCUT2D eigenvalue weighted by molar-refractivity contribution is 5.88. The summed E-state index contributed by atoms with van der Waals surface area (Å²) in [5, 5.41) is 24.8. The molecule has 0 aliphatic rings. The van der Waals surface area contributed by atoms with E-state index in [1.54, 1.807) is 0 Å².